The first kappa shape index (κ1) is 21.1. The van der Waals surface area contributed by atoms with Gasteiger partial charge in [-0.1, -0.05) is 54.6 Å². The smallest absolute Gasteiger partial charge is 0.228 e. The number of hydrogen-bond acceptors (Lipinski definition) is 3. The molecule has 0 aromatic heterocycles. The molecular weight excluding hydrogens is 384 g/mol. The van der Waals surface area contributed by atoms with Gasteiger partial charge in [0.25, 0.3) is 0 Å². The van der Waals surface area contributed by atoms with E-state index in [-0.39, 0.29) is 11.8 Å². The van der Waals surface area contributed by atoms with Gasteiger partial charge in [0.2, 0.25) is 5.91 Å². The summed E-state index contributed by atoms with van der Waals surface area (Å²) in [5, 5.41) is 3.09. The fourth-order valence-electron chi connectivity index (χ4n) is 4.06. The van der Waals surface area contributed by atoms with Crippen molar-refractivity contribution >= 4 is 11.6 Å². The highest BCUT2D eigenvalue weighted by molar-refractivity contribution is 5.92. The van der Waals surface area contributed by atoms with Crippen LogP contribution in [0.15, 0.2) is 78.9 Å². The summed E-state index contributed by atoms with van der Waals surface area (Å²) in [6, 6.07) is 26.2. The number of anilines is 1. The number of rotatable bonds is 7. The van der Waals surface area contributed by atoms with Crippen LogP contribution < -0.4 is 10.1 Å². The van der Waals surface area contributed by atoms with E-state index < -0.39 is 0 Å². The summed E-state index contributed by atoms with van der Waals surface area (Å²) in [6.45, 7) is 5.44. The largest absolute Gasteiger partial charge is 0.489 e. The monoisotopic (exact) mass is 414 g/mol. The highest BCUT2D eigenvalue weighted by Crippen LogP contribution is 2.23. The highest BCUT2D eigenvalue weighted by atomic mass is 16.5. The van der Waals surface area contributed by atoms with E-state index in [1.54, 1.807) is 0 Å². The van der Waals surface area contributed by atoms with Crippen LogP contribution in [0.5, 0.6) is 5.75 Å². The Hall–Kier alpha value is -3.11. The summed E-state index contributed by atoms with van der Waals surface area (Å²) in [6.07, 6.45) is 1.99. The van der Waals surface area contributed by atoms with Crippen molar-refractivity contribution in [2.45, 2.75) is 32.9 Å². The minimum Gasteiger partial charge on any atom is -0.489 e. The van der Waals surface area contributed by atoms with Gasteiger partial charge >= 0.3 is 0 Å². The zero-order chi connectivity index (χ0) is 21.5. The summed E-state index contributed by atoms with van der Waals surface area (Å²) in [5.74, 6) is 0.920. The molecule has 1 aliphatic heterocycles. The minimum atomic E-state index is 0.0202. The molecular formula is C27H30N2O2. The number of piperidine rings is 1. The van der Waals surface area contributed by atoms with E-state index >= 15 is 0 Å². The summed E-state index contributed by atoms with van der Waals surface area (Å²) in [5.41, 5.74) is 4.60. The lowest BCUT2D eigenvalue weighted by molar-refractivity contribution is -0.121. The van der Waals surface area contributed by atoms with Gasteiger partial charge in [0.15, 0.2) is 0 Å². The predicted octanol–water partition coefficient (Wildman–Crippen LogP) is 5.42. The normalized spacial score (nSPS) is 16.6. The van der Waals surface area contributed by atoms with Crippen molar-refractivity contribution in [1.82, 2.24) is 4.90 Å². The van der Waals surface area contributed by atoms with Crippen molar-refractivity contribution in [3.63, 3.8) is 0 Å². The SMILES string of the molecule is Cc1ccccc1CN1CCCC(C(=O)Nc2ccc(OCc3ccccc3)cc2)C1. The van der Waals surface area contributed by atoms with Crippen LogP contribution in [0.2, 0.25) is 0 Å². The molecule has 0 bridgehead atoms. The molecule has 1 unspecified atom stereocenters. The van der Waals surface area contributed by atoms with E-state index in [2.05, 4.69) is 41.4 Å². The van der Waals surface area contributed by atoms with E-state index in [9.17, 15) is 4.79 Å². The topological polar surface area (TPSA) is 41.6 Å². The molecule has 3 aromatic carbocycles. The third-order valence-corrected chi connectivity index (χ3v) is 5.90. The summed E-state index contributed by atoms with van der Waals surface area (Å²) >= 11 is 0. The Bertz CT molecular complexity index is 986. The molecule has 4 heteroatoms. The van der Waals surface area contributed by atoms with Crippen LogP contribution in [0.3, 0.4) is 0 Å². The van der Waals surface area contributed by atoms with Crippen molar-refractivity contribution in [1.29, 1.82) is 0 Å². The first-order chi connectivity index (χ1) is 15.2. The number of carbonyl (C=O) groups is 1. The quantitative estimate of drug-likeness (QED) is 0.561. The summed E-state index contributed by atoms with van der Waals surface area (Å²) < 4.78 is 5.83. The molecule has 4 rings (SSSR count). The zero-order valence-corrected chi connectivity index (χ0v) is 18.1. The maximum atomic E-state index is 12.9. The number of nitrogens with zero attached hydrogens (tertiary/aromatic N) is 1. The summed E-state index contributed by atoms with van der Waals surface area (Å²) in [4.78, 5) is 15.3. The van der Waals surface area contributed by atoms with Crippen LogP contribution in [-0.2, 0) is 17.9 Å². The molecule has 1 atom stereocenters. The van der Waals surface area contributed by atoms with Crippen LogP contribution in [0.4, 0.5) is 5.69 Å². The average Bonchev–Trinajstić information content (AvgIpc) is 2.81. The Morgan fingerprint density at radius 2 is 1.74 bits per heavy atom. The molecule has 160 valence electrons. The second-order valence-electron chi connectivity index (χ2n) is 8.29. The van der Waals surface area contributed by atoms with Crippen LogP contribution in [0.1, 0.15) is 29.5 Å². The molecule has 4 nitrogen and oxygen atoms in total. The van der Waals surface area contributed by atoms with Crippen molar-refractivity contribution < 1.29 is 9.53 Å². The number of carbonyl (C=O) groups excluding carboxylic acids is 1. The molecule has 31 heavy (non-hydrogen) atoms. The van der Waals surface area contributed by atoms with Crippen LogP contribution in [-0.4, -0.2) is 23.9 Å². The first-order valence-corrected chi connectivity index (χ1v) is 11.0. The Balaban J connectivity index is 1.28. The first-order valence-electron chi connectivity index (χ1n) is 11.0. The average molecular weight is 415 g/mol. The number of benzene rings is 3. The third-order valence-electron chi connectivity index (χ3n) is 5.90. The van der Waals surface area contributed by atoms with Gasteiger partial charge in [0, 0.05) is 18.8 Å². The van der Waals surface area contributed by atoms with Gasteiger partial charge in [-0.3, -0.25) is 9.69 Å². The van der Waals surface area contributed by atoms with Gasteiger partial charge in [-0.05, 0) is 67.3 Å². The van der Waals surface area contributed by atoms with E-state index in [0.717, 1.165) is 49.5 Å². The Kier molecular flexibility index (Phi) is 7.00. The van der Waals surface area contributed by atoms with Crippen molar-refractivity contribution in [2.75, 3.05) is 18.4 Å². The molecule has 1 N–H and O–H groups in total. The Labute approximate surface area is 184 Å². The number of hydrogen-bond donors (Lipinski definition) is 1. The zero-order valence-electron chi connectivity index (χ0n) is 18.1. The van der Waals surface area contributed by atoms with Gasteiger partial charge in [-0.15, -0.1) is 0 Å². The van der Waals surface area contributed by atoms with Gasteiger partial charge in [0.05, 0.1) is 5.92 Å². The molecule has 3 aromatic rings. The van der Waals surface area contributed by atoms with Gasteiger partial charge < -0.3 is 10.1 Å². The van der Waals surface area contributed by atoms with E-state index in [1.165, 1.54) is 11.1 Å². The lowest BCUT2D eigenvalue weighted by Gasteiger charge is -2.32. The standard InChI is InChI=1S/C27H30N2O2/c1-21-8-5-6-11-23(21)18-29-17-7-12-24(19-29)27(30)28-25-13-15-26(16-14-25)31-20-22-9-3-2-4-10-22/h2-6,8-11,13-16,24H,7,12,17-20H2,1H3,(H,28,30). The maximum absolute atomic E-state index is 12.9. The molecule has 0 spiro atoms. The molecule has 1 saturated heterocycles. The fourth-order valence-corrected chi connectivity index (χ4v) is 4.06. The molecule has 1 fully saturated rings. The second kappa shape index (κ2) is 10.3. The molecule has 1 aliphatic rings. The van der Waals surface area contributed by atoms with E-state index in [1.807, 2.05) is 54.6 Å². The molecule has 0 aliphatic carbocycles. The molecule has 1 heterocycles. The van der Waals surface area contributed by atoms with Crippen LogP contribution in [0, 0.1) is 12.8 Å². The lowest BCUT2D eigenvalue weighted by Crippen LogP contribution is -2.40. The van der Waals surface area contributed by atoms with Crippen LogP contribution in [0.25, 0.3) is 0 Å². The van der Waals surface area contributed by atoms with E-state index in [0.29, 0.717) is 6.61 Å². The molecule has 0 radical (unpaired) electrons. The predicted molar refractivity (Wildman–Crippen MR) is 125 cm³/mol. The summed E-state index contributed by atoms with van der Waals surface area (Å²) in [7, 11) is 0. The number of ether oxygens (including phenoxy) is 1. The minimum absolute atomic E-state index is 0.0202. The van der Waals surface area contributed by atoms with Crippen molar-refractivity contribution in [2.24, 2.45) is 5.92 Å². The molecule has 0 saturated carbocycles. The number of amides is 1. The third kappa shape index (κ3) is 5.96. The number of likely N-dealkylation sites (tertiary alicyclic amines) is 1. The maximum Gasteiger partial charge on any atom is 0.228 e. The van der Waals surface area contributed by atoms with Gasteiger partial charge in [-0.2, -0.15) is 0 Å². The lowest BCUT2D eigenvalue weighted by atomic mass is 9.96. The molecule has 1 amide bonds. The Morgan fingerprint density at radius 1 is 1.00 bits per heavy atom. The van der Waals surface area contributed by atoms with Crippen LogP contribution >= 0.6 is 0 Å². The second-order valence-corrected chi connectivity index (χ2v) is 8.29. The fraction of sp³-hybridized carbons (Fsp3) is 0.296. The van der Waals surface area contributed by atoms with Crippen molar-refractivity contribution in [3.05, 3.63) is 95.6 Å². The van der Waals surface area contributed by atoms with E-state index in [4.69, 9.17) is 4.74 Å². The van der Waals surface area contributed by atoms with Crippen molar-refractivity contribution in [3.8, 4) is 5.75 Å². The number of aryl methyl sites for hydroxylation is 1. The number of nitrogens with one attached hydrogen (secondary N) is 1. The highest BCUT2D eigenvalue weighted by Gasteiger charge is 2.26. The van der Waals surface area contributed by atoms with Gasteiger partial charge in [0.1, 0.15) is 12.4 Å². The Morgan fingerprint density at radius 3 is 2.52 bits per heavy atom. The van der Waals surface area contributed by atoms with Gasteiger partial charge in [-0.25, -0.2) is 0 Å².